The zero-order valence-electron chi connectivity index (χ0n) is 17.4. The van der Waals surface area contributed by atoms with E-state index in [1.807, 2.05) is 25.7 Å². The Balaban J connectivity index is 1.82. The molecule has 5 nitrogen and oxygen atoms in total. The number of hydrogen-bond acceptors (Lipinski definition) is 3. The van der Waals surface area contributed by atoms with Crippen LogP contribution in [0.4, 0.5) is 4.79 Å². The maximum absolute atomic E-state index is 13.6. The second-order valence-corrected chi connectivity index (χ2v) is 9.76. The molecule has 1 aliphatic heterocycles. The zero-order valence-corrected chi connectivity index (χ0v) is 18.9. The molecule has 3 rings (SSSR count). The summed E-state index contributed by atoms with van der Waals surface area (Å²) in [4.78, 5) is 29.7. The van der Waals surface area contributed by atoms with Crippen molar-refractivity contribution in [2.24, 2.45) is 0 Å². The summed E-state index contributed by atoms with van der Waals surface area (Å²) in [5.74, 6) is -0.0968. The van der Waals surface area contributed by atoms with Gasteiger partial charge in [0.05, 0.1) is 21.7 Å². The van der Waals surface area contributed by atoms with Crippen LogP contribution in [-0.4, -0.2) is 52.6 Å². The van der Waals surface area contributed by atoms with Crippen LogP contribution in [0, 0.1) is 0 Å². The van der Waals surface area contributed by atoms with Crippen molar-refractivity contribution in [2.75, 3.05) is 13.1 Å². The van der Waals surface area contributed by atoms with E-state index >= 15 is 0 Å². The van der Waals surface area contributed by atoms with E-state index in [-0.39, 0.29) is 24.1 Å². The molecule has 1 saturated carbocycles. The number of likely N-dealkylation sites (tertiary alicyclic amines) is 1. The fourth-order valence-electron chi connectivity index (χ4n) is 4.26. The Morgan fingerprint density at radius 2 is 1.76 bits per heavy atom. The molecule has 0 radical (unpaired) electrons. The molecule has 2 amide bonds. The summed E-state index contributed by atoms with van der Waals surface area (Å²) in [5.41, 5.74) is -0.108. The standard InChI is InChI=1S/C22H30Cl2N2O3/c1-22(2,3)29-21(28)25-13-12-16(14-25)26(15-8-5-4-6-9-15)20(27)17-10-7-11-18(23)19(17)24/h7,10-11,15-16H,4-6,8-9,12-14H2,1-3H3. The third-order valence-electron chi connectivity index (χ3n) is 5.59. The van der Waals surface area contributed by atoms with Gasteiger partial charge in [0.2, 0.25) is 0 Å². The van der Waals surface area contributed by atoms with Crippen molar-refractivity contribution in [2.45, 2.75) is 77.0 Å². The highest BCUT2D eigenvalue weighted by Crippen LogP contribution is 2.33. The number of ether oxygens (including phenoxy) is 1. The fraction of sp³-hybridized carbons (Fsp3) is 0.636. The smallest absolute Gasteiger partial charge is 0.410 e. The van der Waals surface area contributed by atoms with Crippen LogP contribution in [0.15, 0.2) is 18.2 Å². The molecule has 7 heteroatoms. The van der Waals surface area contributed by atoms with Crippen LogP contribution >= 0.6 is 23.2 Å². The molecule has 0 spiro atoms. The van der Waals surface area contributed by atoms with Gasteiger partial charge < -0.3 is 14.5 Å². The van der Waals surface area contributed by atoms with Gasteiger partial charge in [-0.15, -0.1) is 0 Å². The summed E-state index contributed by atoms with van der Waals surface area (Å²) in [7, 11) is 0. The lowest BCUT2D eigenvalue weighted by atomic mass is 9.92. The lowest BCUT2D eigenvalue weighted by Crippen LogP contribution is -2.49. The van der Waals surface area contributed by atoms with Crippen molar-refractivity contribution in [1.29, 1.82) is 0 Å². The van der Waals surface area contributed by atoms with E-state index in [9.17, 15) is 9.59 Å². The maximum atomic E-state index is 13.6. The molecular weight excluding hydrogens is 411 g/mol. The molecule has 1 saturated heterocycles. The summed E-state index contributed by atoms with van der Waals surface area (Å²) in [5, 5.41) is 0.671. The molecule has 0 bridgehead atoms. The highest BCUT2D eigenvalue weighted by molar-refractivity contribution is 6.43. The first-order chi connectivity index (χ1) is 13.7. The summed E-state index contributed by atoms with van der Waals surface area (Å²) in [6, 6.07) is 5.28. The molecule has 0 aromatic heterocycles. The lowest BCUT2D eigenvalue weighted by molar-refractivity contribution is 0.0257. The first kappa shape index (κ1) is 22.2. The third kappa shape index (κ3) is 5.37. The van der Waals surface area contributed by atoms with E-state index in [1.165, 1.54) is 6.42 Å². The van der Waals surface area contributed by atoms with Crippen molar-refractivity contribution in [3.63, 3.8) is 0 Å². The number of carbonyl (C=O) groups is 2. The van der Waals surface area contributed by atoms with E-state index in [4.69, 9.17) is 27.9 Å². The fourth-order valence-corrected chi connectivity index (χ4v) is 4.64. The van der Waals surface area contributed by atoms with Crippen LogP contribution in [0.2, 0.25) is 10.0 Å². The largest absolute Gasteiger partial charge is 0.444 e. The minimum atomic E-state index is -0.539. The molecule has 1 atom stereocenters. The molecule has 29 heavy (non-hydrogen) atoms. The summed E-state index contributed by atoms with van der Waals surface area (Å²) in [6.07, 6.45) is 5.79. The monoisotopic (exact) mass is 440 g/mol. The van der Waals surface area contributed by atoms with Gasteiger partial charge in [0.1, 0.15) is 5.60 Å². The molecular formula is C22H30Cl2N2O3. The highest BCUT2D eigenvalue weighted by atomic mass is 35.5. The predicted molar refractivity (Wildman–Crippen MR) is 116 cm³/mol. The van der Waals surface area contributed by atoms with Crippen LogP contribution < -0.4 is 0 Å². The summed E-state index contributed by atoms with van der Waals surface area (Å²) < 4.78 is 5.52. The van der Waals surface area contributed by atoms with E-state index in [0.29, 0.717) is 28.7 Å². The van der Waals surface area contributed by atoms with Gasteiger partial charge in [0.15, 0.2) is 0 Å². The second kappa shape index (κ2) is 9.13. The van der Waals surface area contributed by atoms with Crippen LogP contribution in [0.25, 0.3) is 0 Å². The van der Waals surface area contributed by atoms with Gasteiger partial charge in [0, 0.05) is 19.1 Å². The zero-order chi connectivity index (χ0) is 21.2. The molecule has 1 aromatic rings. The van der Waals surface area contributed by atoms with Crippen molar-refractivity contribution in [3.8, 4) is 0 Å². The van der Waals surface area contributed by atoms with Crippen molar-refractivity contribution in [1.82, 2.24) is 9.80 Å². The van der Waals surface area contributed by atoms with Crippen LogP contribution in [0.3, 0.4) is 0 Å². The number of halogens is 2. The SMILES string of the molecule is CC(C)(C)OC(=O)N1CCC(N(C(=O)c2cccc(Cl)c2Cl)C2CCCCC2)C1. The molecule has 160 valence electrons. The second-order valence-electron chi connectivity index (χ2n) is 8.97. The first-order valence-corrected chi connectivity index (χ1v) is 11.2. The highest BCUT2D eigenvalue weighted by Gasteiger charge is 2.39. The molecule has 1 heterocycles. The van der Waals surface area contributed by atoms with E-state index in [0.717, 1.165) is 32.1 Å². The van der Waals surface area contributed by atoms with Gasteiger partial charge in [-0.2, -0.15) is 0 Å². The van der Waals surface area contributed by atoms with E-state index < -0.39 is 5.60 Å². The number of amides is 2. The van der Waals surface area contributed by atoms with Crippen LogP contribution in [0.5, 0.6) is 0 Å². The Morgan fingerprint density at radius 1 is 1.07 bits per heavy atom. The Hall–Kier alpha value is -1.46. The first-order valence-electron chi connectivity index (χ1n) is 10.4. The Morgan fingerprint density at radius 3 is 2.41 bits per heavy atom. The maximum Gasteiger partial charge on any atom is 0.410 e. The van der Waals surface area contributed by atoms with Crippen LogP contribution in [0.1, 0.15) is 69.7 Å². The molecule has 1 aromatic carbocycles. The normalized spacial score (nSPS) is 20.6. The van der Waals surface area contributed by atoms with Gasteiger partial charge in [-0.25, -0.2) is 4.79 Å². The van der Waals surface area contributed by atoms with E-state index in [2.05, 4.69) is 0 Å². The van der Waals surface area contributed by atoms with E-state index in [1.54, 1.807) is 23.1 Å². The average Bonchev–Trinajstić information content (AvgIpc) is 3.13. The van der Waals surface area contributed by atoms with Crippen molar-refractivity contribution < 1.29 is 14.3 Å². The Kier molecular flexibility index (Phi) is 7.00. The average molecular weight is 441 g/mol. The quantitative estimate of drug-likeness (QED) is 0.598. The number of nitrogens with zero attached hydrogens (tertiary/aromatic N) is 2. The molecule has 0 N–H and O–H groups in total. The van der Waals surface area contributed by atoms with Crippen molar-refractivity contribution >= 4 is 35.2 Å². The molecule has 1 unspecified atom stereocenters. The number of hydrogen-bond donors (Lipinski definition) is 0. The topological polar surface area (TPSA) is 49.9 Å². The van der Waals surface area contributed by atoms with Gasteiger partial charge in [-0.05, 0) is 52.2 Å². The lowest BCUT2D eigenvalue weighted by Gasteiger charge is -2.39. The number of carbonyl (C=O) groups excluding carboxylic acids is 2. The Labute approximate surface area is 183 Å². The van der Waals surface area contributed by atoms with Gasteiger partial charge in [-0.1, -0.05) is 48.5 Å². The van der Waals surface area contributed by atoms with Crippen LogP contribution in [-0.2, 0) is 4.74 Å². The van der Waals surface area contributed by atoms with Gasteiger partial charge in [0.25, 0.3) is 5.91 Å². The summed E-state index contributed by atoms with van der Waals surface area (Å²) >= 11 is 12.5. The molecule has 2 fully saturated rings. The Bertz CT molecular complexity index is 757. The van der Waals surface area contributed by atoms with Crippen molar-refractivity contribution in [3.05, 3.63) is 33.8 Å². The minimum absolute atomic E-state index is 0.0480. The number of benzene rings is 1. The predicted octanol–water partition coefficient (Wildman–Crippen LogP) is 5.78. The van der Waals surface area contributed by atoms with Gasteiger partial charge in [-0.3, -0.25) is 4.79 Å². The third-order valence-corrected chi connectivity index (χ3v) is 6.41. The summed E-state index contributed by atoms with van der Waals surface area (Å²) in [6.45, 7) is 6.64. The van der Waals surface area contributed by atoms with Gasteiger partial charge >= 0.3 is 6.09 Å². The number of rotatable bonds is 3. The molecule has 1 aliphatic carbocycles. The minimum Gasteiger partial charge on any atom is -0.444 e. The molecule has 2 aliphatic rings.